The summed E-state index contributed by atoms with van der Waals surface area (Å²) in [5.74, 6) is -1.61. The quantitative estimate of drug-likeness (QED) is 0.243. The molecule has 0 aromatic heterocycles. The lowest BCUT2D eigenvalue weighted by Gasteiger charge is -2.09. The van der Waals surface area contributed by atoms with Crippen molar-refractivity contribution in [3.63, 3.8) is 0 Å². The normalized spacial score (nSPS) is 9.68. The second kappa shape index (κ2) is 9.22. The van der Waals surface area contributed by atoms with Crippen molar-refractivity contribution in [3.05, 3.63) is 39.8 Å². The molecule has 9 heteroatoms. The lowest BCUT2D eigenvalue weighted by molar-refractivity contribution is 0.0600. The SMILES string of the molecule is COC(=O)c1cc(OCCOCCN=[N+]=[N-])cc(C(=O)O)c1. The molecule has 0 radical (unpaired) electrons. The molecule has 1 aromatic carbocycles. The summed E-state index contributed by atoms with van der Waals surface area (Å²) < 4.78 is 15.0. The molecule has 0 atom stereocenters. The van der Waals surface area contributed by atoms with E-state index in [1.165, 1.54) is 25.3 Å². The lowest BCUT2D eigenvalue weighted by Crippen LogP contribution is -2.10. The molecule has 0 unspecified atom stereocenters. The molecule has 0 bridgehead atoms. The summed E-state index contributed by atoms with van der Waals surface area (Å²) in [7, 11) is 1.20. The number of rotatable bonds is 9. The van der Waals surface area contributed by atoms with Crippen molar-refractivity contribution in [3.8, 4) is 5.75 Å². The highest BCUT2D eigenvalue weighted by atomic mass is 16.5. The van der Waals surface area contributed by atoms with E-state index in [1.807, 2.05) is 0 Å². The van der Waals surface area contributed by atoms with Crippen LogP contribution in [-0.4, -0.2) is 50.5 Å². The molecule has 0 amide bonds. The molecule has 22 heavy (non-hydrogen) atoms. The van der Waals surface area contributed by atoms with E-state index in [4.69, 9.17) is 20.1 Å². The van der Waals surface area contributed by atoms with Gasteiger partial charge in [0.25, 0.3) is 0 Å². The number of hydrogen-bond donors (Lipinski definition) is 1. The predicted molar refractivity (Wildman–Crippen MR) is 75.1 cm³/mol. The Hall–Kier alpha value is -2.77. The van der Waals surface area contributed by atoms with Crippen LogP contribution in [0.3, 0.4) is 0 Å². The van der Waals surface area contributed by atoms with Crippen molar-refractivity contribution in [2.24, 2.45) is 5.11 Å². The van der Waals surface area contributed by atoms with E-state index < -0.39 is 11.9 Å². The number of benzene rings is 1. The fraction of sp³-hybridized carbons (Fsp3) is 0.385. The van der Waals surface area contributed by atoms with Crippen LogP contribution >= 0.6 is 0 Å². The zero-order chi connectivity index (χ0) is 16.4. The number of carbonyl (C=O) groups excluding carboxylic acids is 1. The van der Waals surface area contributed by atoms with Crippen LogP contribution in [0.15, 0.2) is 23.3 Å². The summed E-state index contributed by atoms with van der Waals surface area (Å²) in [4.78, 5) is 25.1. The van der Waals surface area contributed by atoms with Gasteiger partial charge in [0, 0.05) is 11.5 Å². The maximum Gasteiger partial charge on any atom is 0.338 e. The summed E-state index contributed by atoms with van der Waals surface area (Å²) in [6.45, 7) is 0.860. The highest BCUT2D eigenvalue weighted by Crippen LogP contribution is 2.18. The van der Waals surface area contributed by atoms with Gasteiger partial charge in [-0.05, 0) is 23.7 Å². The third-order valence-electron chi connectivity index (χ3n) is 2.47. The molecular formula is C13H15N3O6. The van der Waals surface area contributed by atoms with Crippen molar-refractivity contribution in [2.75, 3.05) is 33.5 Å². The topological polar surface area (TPSA) is 131 Å². The fourth-order valence-electron chi connectivity index (χ4n) is 1.51. The van der Waals surface area contributed by atoms with Gasteiger partial charge in [0.05, 0.1) is 31.5 Å². The number of carboxylic acids is 1. The number of nitrogens with zero attached hydrogens (tertiary/aromatic N) is 3. The van der Waals surface area contributed by atoms with E-state index in [-0.39, 0.29) is 43.2 Å². The second-order valence-corrected chi connectivity index (χ2v) is 3.96. The molecule has 0 aliphatic rings. The van der Waals surface area contributed by atoms with Crippen LogP contribution in [0, 0.1) is 0 Å². The highest BCUT2D eigenvalue weighted by molar-refractivity contribution is 5.95. The van der Waals surface area contributed by atoms with Gasteiger partial charge in [-0.15, -0.1) is 0 Å². The number of ether oxygens (including phenoxy) is 3. The van der Waals surface area contributed by atoms with E-state index in [0.29, 0.717) is 0 Å². The van der Waals surface area contributed by atoms with Gasteiger partial charge in [-0.3, -0.25) is 0 Å². The molecule has 1 N–H and O–H groups in total. The molecule has 1 aromatic rings. The smallest absolute Gasteiger partial charge is 0.338 e. The van der Waals surface area contributed by atoms with E-state index in [2.05, 4.69) is 14.8 Å². The summed E-state index contributed by atoms with van der Waals surface area (Å²) in [6, 6.07) is 3.89. The Morgan fingerprint density at radius 2 is 1.95 bits per heavy atom. The van der Waals surface area contributed by atoms with Gasteiger partial charge < -0.3 is 19.3 Å². The molecule has 0 spiro atoms. The Labute approximate surface area is 126 Å². The average Bonchev–Trinajstić information content (AvgIpc) is 2.52. The van der Waals surface area contributed by atoms with Crippen LogP contribution in [0.1, 0.15) is 20.7 Å². The van der Waals surface area contributed by atoms with Crippen LogP contribution in [0.25, 0.3) is 10.4 Å². The first-order valence-electron chi connectivity index (χ1n) is 6.26. The number of carboxylic acid groups (broad SMARTS) is 1. The van der Waals surface area contributed by atoms with Crippen molar-refractivity contribution < 1.29 is 28.9 Å². The molecule has 0 saturated carbocycles. The second-order valence-electron chi connectivity index (χ2n) is 3.96. The van der Waals surface area contributed by atoms with Crippen LogP contribution in [0.5, 0.6) is 5.75 Å². The molecule has 1 rings (SSSR count). The van der Waals surface area contributed by atoms with Gasteiger partial charge in [-0.2, -0.15) is 0 Å². The number of aromatic carboxylic acids is 1. The minimum Gasteiger partial charge on any atom is -0.491 e. The molecule has 0 saturated heterocycles. The van der Waals surface area contributed by atoms with E-state index in [9.17, 15) is 9.59 Å². The zero-order valence-electron chi connectivity index (χ0n) is 11.9. The van der Waals surface area contributed by atoms with Gasteiger partial charge in [0.1, 0.15) is 12.4 Å². The molecule has 0 aliphatic carbocycles. The lowest BCUT2D eigenvalue weighted by atomic mass is 10.1. The number of azide groups is 1. The Morgan fingerprint density at radius 3 is 2.59 bits per heavy atom. The first kappa shape index (κ1) is 17.3. The van der Waals surface area contributed by atoms with Crippen LogP contribution in [0.4, 0.5) is 0 Å². The first-order chi connectivity index (χ1) is 10.6. The number of hydrogen-bond acceptors (Lipinski definition) is 6. The predicted octanol–water partition coefficient (Wildman–Crippen LogP) is 1.88. The maximum absolute atomic E-state index is 11.5. The van der Waals surface area contributed by atoms with Crippen molar-refractivity contribution >= 4 is 11.9 Å². The van der Waals surface area contributed by atoms with E-state index in [0.717, 1.165) is 0 Å². The van der Waals surface area contributed by atoms with Crippen LogP contribution in [0.2, 0.25) is 0 Å². The van der Waals surface area contributed by atoms with Gasteiger partial charge in [-0.1, -0.05) is 5.11 Å². The summed E-state index contributed by atoms with van der Waals surface area (Å²) in [5.41, 5.74) is 8.08. The molecular weight excluding hydrogens is 294 g/mol. The standard InChI is InChI=1S/C13H15N3O6/c1-20-13(19)10-6-9(12(17)18)7-11(8-10)22-5-4-21-3-2-15-16-14/h6-8H,2-5H2,1H3,(H,17,18). The number of methoxy groups -OCH3 is 1. The van der Waals surface area contributed by atoms with E-state index >= 15 is 0 Å². The number of carbonyl (C=O) groups is 2. The molecule has 0 aliphatic heterocycles. The van der Waals surface area contributed by atoms with Crippen molar-refractivity contribution in [1.29, 1.82) is 0 Å². The van der Waals surface area contributed by atoms with Crippen LogP contribution in [-0.2, 0) is 9.47 Å². The third-order valence-corrected chi connectivity index (χ3v) is 2.47. The molecule has 0 heterocycles. The number of esters is 1. The van der Waals surface area contributed by atoms with Gasteiger partial charge >= 0.3 is 11.9 Å². The highest BCUT2D eigenvalue weighted by Gasteiger charge is 2.13. The summed E-state index contributed by atoms with van der Waals surface area (Å²) >= 11 is 0. The Kier molecular flexibility index (Phi) is 7.24. The van der Waals surface area contributed by atoms with Crippen molar-refractivity contribution in [2.45, 2.75) is 0 Å². The minimum atomic E-state index is -1.18. The Morgan fingerprint density at radius 1 is 1.23 bits per heavy atom. The molecule has 0 fully saturated rings. The molecule has 9 nitrogen and oxygen atoms in total. The fourth-order valence-corrected chi connectivity index (χ4v) is 1.51. The summed E-state index contributed by atoms with van der Waals surface area (Å²) in [5, 5.41) is 12.3. The first-order valence-corrected chi connectivity index (χ1v) is 6.26. The van der Waals surface area contributed by atoms with Gasteiger partial charge in [-0.25, -0.2) is 9.59 Å². The Bertz CT molecular complexity index is 583. The minimum absolute atomic E-state index is 0.0813. The maximum atomic E-state index is 11.5. The van der Waals surface area contributed by atoms with Gasteiger partial charge in [0.15, 0.2) is 0 Å². The Balaban J connectivity index is 2.61. The van der Waals surface area contributed by atoms with Crippen LogP contribution < -0.4 is 4.74 Å². The third kappa shape index (κ3) is 5.70. The summed E-state index contributed by atoms with van der Waals surface area (Å²) in [6.07, 6.45) is 0. The average molecular weight is 309 g/mol. The van der Waals surface area contributed by atoms with Gasteiger partial charge in [0.2, 0.25) is 0 Å². The monoisotopic (exact) mass is 309 g/mol. The largest absolute Gasteiger partial charge is 0.491 e. The van der Waals surface area contributed by atoms with E-state index in [1.54, 1.807) is 0 Å². The molecule has 118 valence electrons. The van der Waals surface area contributed by atoms with Crippen molar-refractivity contribution in [1.82, 2.24) is 0 Å². The zero-order valence-corrected chi connectivity index (χ0v) is 11.9.